The summed E-state index contributed by atoms with van der Waals surface area (Å²) in [4.78, 5) is 28.7. The fourth-order valence-corrected chi connectivity index (χ4v) is 14.0. The van der Waals surface area contributed by atoms with Crippen LogP contribution in [0.15, 0.2) is 0 Å². The number of carbonyl (C=O) groups is 1. The number of aliphatic hydroxyl groups is 3. The minimum absolute atomic E-state index is 0.135. The second-order valence-corrected chi connectivity index (χ2v) is 24.7. The van der Waals surface area contributed by atoms with Crippen molar-refractivity contribution in [2.24, 2.45) is 5.41 Å². The Morgan fingerprint density at radius 3 is 0.781 bits per heavy atom. The molecule has 4 rings (SSSR count). The number of rotatable bonds is 51. The monoisotopic (exact) mass is 1030 g/mol. The van der Waals surface area contributed by atoms with Crippen LogP contribution in [-0.4, -0.2) is 127 Å². The van der Waals surface area contributed by atoms with Gasteiger partial charge in [0, 0.05) is 48.3 Å². The SMILES string of the molecule is CCCCCCC1C(CCCCCC)N1C(N1C(CCCCCC)C1CCCCCC)C(C(=O)OCC(CO)(CO)CO)(N1C(CCCCCC)C1CCCCCC)N1C(CCCCCC)C1CCCCCC. The van der Waals surface area contributed by atoms with Crippen molar-refractivity contribution in [3.63, 3.8) is 0 Å². The smallest absolute Gasteiger partial charge is 0.345 e. The number of nitrogens with zero attached hydrogens (tertiary/aromatic N) is 4. The van der Waals surface area contributed by atoms with Crippen molar-refractivity contribution in [2.45, 2.75) is 372 Å². The number of carbonyl (C=O) groups excluding carboxylic acids is 1. The summed E-state index contributed by atoms with van der Waals surface area (Å²) in [5.41, 5.74) is -2.35. The van der Waals surface area contributed by atoms with Gasteiger partial charge in [-0.25, -0.2) is 4.79 Å². The summed E-state index contributed by atoms with van der Waals surface area (Å²) in [7, 11) is 0. The Labute approximate surface area is 452 Å². The van der Waals surface area contributed by atoms with Crippen molar-refractivity contribution in [3.8, 4) is 0 Å². The summed E-state index contributed by atoms with van der Waals surface area (Å²) < 4.78 is 6.99. The Bertz CT molecular complexity index is 1240. The maximum absolute atomic E-state index is 17.0. The van der Waals surface area contributed by atoms with Gasteiger partial charge in [0.05, 0.1) is 25.2 Å². The molecule has 0 amide bonds. The fourth-order valence-electron chi connectivity index (χ4n) is 14.0. The maximum Gasteiger partial charge on any atom is 0.345 e. The molecule has 4 aliphatic rings. The molecule has 0 aromatic heterocycles. The summed E-state index contributed by atoms with van der Waals surface area (Å²) in [6.07, 6.45) is 48.8. The zero-order valence-electron chi connectivity index (χ0n) is 49.8. The third-order valence-electron chi connectivity index (χ3n) is 18.7. The van der Waals surface area contributed by atoms with E-state index in [0.717, 1.165) is 25.7 Å². The maximum atomic E-state index is 17.0. The van der Waals surface area contributed by atoms with E-state index in [0.29, 0.717) is 48.3 Å². The number of hydrogen-bond donors (Lipinski definition) is 3. The van der Waals surface area contributed by atoms with Crippen LogP contribution in [0.4, 0.5) is 0 Å². The number of ether oxygens (including phenoxy) is 1. The summed E-state index contributed by atoms with van der Waals surface area (Å²) in [6.45, 7) is 17.1. The lowest BCUT2D eigenvalue weighted by molar-refractivity contribution is -0.181. The van der Waals surface area contributed by atoms with Crippen LogP contribution >= 0.6 is 0 Å². The number of esters is 1. The number of unbranched alkanes of at least 4 members (excludes halogenated alkanes) is 24. The first-order valence-corrected chi connectivity index (χ1v) is 32.9. The summed E-state index contributed by atoms with van der Waals surface area (Å²) in [5, 5.41) is 32.5. The first-order chi connectivity index (χ1) is 35.8. The molecule has 8 unspecified atom stereocenters. The van der Waals surface area contributed by atoms with Gasteiger partial charge in [0.15, 0.2) is 0 Å². The molecule has 9 heteroatoms. The third kappa shape index (κ3) is 18.9. The van der Waals surface area contributed by atoms with Gasteiger partial charge >= 0.3 is 5.97 Å². The molecule has 4 fully saturated rings. The molecule has 0 radical (unpaired) electrons. The Hall–Kier alpha value is -0.810. The first-order valence-electron chi connectivity index (χ1n) is 32.9. The highest BCUT2D eigenvalue weighted by Crippen LogP contribution is 2.61. The first kappa shape index (κ1) is 64.7. The van der Waals surface area contributed by atoms with Crippen LogP contribution in [0.1, 0.15) is 312 Å². The van der Waals surface area contributed by atoms with Gasteiger partial charge in [0.1, 0.15) is 12.8 Å². The summed E-state index contributed by atoms with van der Waals surface area (Å²) in [5.74, 6) is -0.149. The number of hydrogen-bond acceptors (Lipinski definition) is 9. The zero-order chi connectivity index (χ0) is 52.9. The van der Waals surface area contributed by atoms with Crippen LogP contribution in [0.5, 0.6) is 0 Å². The second kappa shape index (κ2) is 36.4. The van der Waals surface area contributed by atoms with E-state index >= 15 is 4.79 Å². The minimum Gasteiger partial charge on any atom is -0.462 e. The van der Waals surface area contributed by atoms with E-state index in [-0.39, 0.29) is 18.7 Å². The molecule has 4 heterocycles. The van der Waals surface area contributed by atoms with E-state index in [1.165, 1.54) is 231 Å². The second-order valence-electron chi connectivity index (χ2n) is 24.7. The molecule has 0 bridgehead atoms. The van der Waals surface area contributed by atoms with Gasteiger partial charge in [-0.3, -0.25) is 19.6 Å². The van der Waals surface area contributed by atoms with E-state index in [1.807, 2.05) is 0 Å². The van der Waals surface area contributed by atoms with Gasteiger partial charge in [-0.2, -0.15) is 0 Å². The highest BCUT2D eigenvalue weighted by Gasteiger charge is 2.79. The molecular weight excluding hydrogens is 905 g/mol. The average Bonchev–Trinajstić information content (AvgIpc) is 4.34. The molecule has 73 heavy (non-hydrogen) atoms. The highest BCUT2D eigenvalue weighted by atomic mass is 16.5. The minimum atomic E-state index is -1.31. The lowest BCUT2D eigenvalue weighted by Gasteiger charge is -2.46. The van der Waals surface area contributed by atoms with Crippen LogP contribution in [0, 0.1) is 5.41 Å². The lowest BCUT2D eigenvalue weighted by Crippen LogP contribution is -2.69. The van der Waals surface area contributed by atoms with Crippen LogP contribution in [-0.2, 0) is 9.53 Å². The molecule has 0 aromatic carbocycles. The summed E-state index contributed by atoms with van der Waals surface area (Å²) in [6, 6.07) is 3.03. The molecule has 0 aromatic rings. The van der Waals surface area contributed by atoms with Crippen molar-refractivity contribution in [1.29, 1.82) is 0 Å². The largest absolute Gasteiger partial charge is 0.462 e. The van der Waals surface area contributed by atoms with Crippen molar-refractivity contribution in [1.82, 2.24) is 19.6 Å². The lowest BCUT2D eigenvalue weighted by atomic mass is 9.92. The van der Waals surface area contributed by atoms with Gasteiger partial charge < -0.3 is 20.1 Å². The molecule has 4 saturated heterocycles. The normalized spacial score (nSPS) is 28.5. The van der Waals surface area contributed by atoms with Gasteiger partial charge in [-0.1, -0.05) is 261 Å². The molecule has 9 nitrogen and oxygen atoms in total. The molecular formula is C64H124N4O5. The Balaban J connectivity index is 2.08. The van der Waals surface area contributed by atoms with Gasteiger partial charge in [0.25, 0.3) is 0 Å². The van der Waals surface area contributed by atoms with E-state index < -0.39 is 30.9 Å². The topological polar surface area (TPSA) is 99.0 Å². The molecule has 0 saturated carbocycles. The summed E-state index contributed by atoms with van der Waals surface area (Å²) >= 11 is 0. The standard InChI is InChI=1S/C64H124N4O5/c1-9-17-25-33-41-53-54(42-34-26-18-10-2)65(53)61(66-55(43-35-27-19-11-3)56(66)44-36-28-20-12-4)64(62(72)73-52-63(49-69,50-70)51-71,67-57(45-37-29-21-13-5)58(67)46-38-30-22-14-6)68-59(47-39-31-23-15-7)60(68)48-40-32-24-16-8/h53-61,69-71H,9-52H2,1-8H3. The zero-order valence-corrected chi connectivity index (χ0v) is 49.8. The Morgan fingerprint density at radius 1 is 0.356 bits per heavy atom. The molecule has 0 aliphatic carbocycles. The van der Waals surface area contributed by atoms with Gasteiger partial charge in [0.2, 0.25) is 5.66 Å². The predicted molar refractivity (Wildman–Crippen MR) is 309 cm³/mol. The van der Waals surface area contributed by atoms with E-state index in [1.54, 1.807) is 0 Å². The van der Waals surface area contributed by atoms with Crippen LogP contribution in [0.2, 0.25) is 0 Å². The number of aliphatic hydroxyl groups excluding tert-OH is 3. The fraction of sp³-hybridized carbons (Fsp3) is 0.984. The predicted octanol–water partition coefficient (Wildman–Crippen LogP) is 15.5. The molecule has 430 valence electrons. The van der Waals surface area contributed by atoms with Crippen LogP contribution in [0.3, 0.4) is 0 Å². The third-order valence-corrected chi connectivity index (χ3v) is 18.7. The van der Waals surface area contributed by atoms with Crippen molar-refractivity contribution >= 4 is 5.97 Å². The molecule has 0 spiro atoms. The molecule has 3 N–H and O–H groups in total. The van der Waals surface area contributed by atoms with Crippen LogP contribution < -0.4 is 0 Å². The van der Waals surface area contributed by atoms with Crippen molar-refractivity contribution in [3.05, 3.63) is 0 Å². The average molecular weight is 1030 g/mol. The Kier molecular flexibility index (Phi) is 32.2. The van der Waals surface area contributed by atoms with Crippen molar-refractivity contribution in [2.75, 3.05) is 26.4 Å². The van der Waals surface area contributed by atoms with Gasteiger partial charge in [-0.05, 0) is 51.4 Å². The van der Waals surface area contributed by atoms with E-state index in [9.17, 15) is 15.3 Å². The van der Waals surface area contributed by atoms with Crippen molar-refractivity contribution < 1.29 is 24.9 Å². The molecule has 4 aliphatic heterocycles. The highest BCUT2D eigenvalue weighted by molar-refractivity contribution is 5.83. The Morgan fingerprint density at radius 2 is 0.575 bits per heavy atom. The van der Waals surface area contributed by atoms with Crippen LogP contribution in [0.25, 0.3) is 0 Å². The van der Waals surface area contributed by atoms with E-state index in [4.69, 9.17) is 4.74 Å². The van der Waals surface area contributed by atoms with Gasteiger partial charge in [-0.15, -0.1) is 0 Å². The quantitative estimate of drug-likeness (QED) is 0.0313. The molecule has 8 atom stereocenters. The van der Waals surface area contributed by atoms with E-state index in [2.05, 4.69) is 75.0 Å².